The summed E-state index contributed by atoms with van der Waals surface area (Å²) in [5, 5.41) is 5.94. The van der Waals surface area contributed by atoms with Gasteiger partial charge in [-0.25, -0.2) is 4.98 Å². The van der Waals surface area contributed by atoms with Crippen LogP contribution in [0.3, 0.4) is 0 Å². The Morgan fingerprint density at radius 2 is 1.95 bits per heavy atom. The molecule has 2 aromatic rings. The van der Waals surface area contributed by atoms with Crippen molar-refractivity contribution in [2.24, 2.45) is 0 Å². The second-order valence-electron chi connectivity index (χ2n) is 5.00. The van der Waals surface area contributed by atoms with Crippen LogP contribution < -0.4 is 10.6 Å². The highest BCUT2D eigenvalue weighted by Crippen LogP contribution is 2.21. The van der Waals surface area contributed by atoms with Crippen LogP contribution in [0.4, 0.5) is 11.5 Å². The van der Waals surface area contributed by atoms with Crippen molar-refractivity contribution in [3.63, 3.8) is 0 Å². The van der Waals surface area contributed by atoms with Crippen LogP contribution in [0, 0.1) is 3.57 Å². The van der Waals surface area contributed by atoms with Crippen molar-refractivity contribution in [3.8, 4) is 0 Å². The van der Waals surface area contributed by atoms with Crippen molar-refractivity contribution < 1.29 is 4.79 Å². The van der Waals surface area contributed by atoms with Crippen LogP contribution in [0.25, 0.3) is 0 Å². The fourth-order valence-corrected chi connectivity index (χ4v) is 2.39. The fourth-order valence-electron chi connectivity index (χ4n) is 1.86. The largest absolute Gasteiger partial charge is 0.373 e. The first-order chi connectivity index (χ1) is 10.0. The third kappa shape index (κ3) is 3.93. The maximum absolute atomic E-state index is 12.4. The lowest BCUT2D eigenvalue weighted by atomic mass is 10.1. The van der Waals surface area contributed by atoms with Gasteiger partial charge in [-0.3, -0.25) is 4.79 Å². The molecule has 1 aromatic carbocycles. The summed E-state index contributed by atoms with van der Waals surface area (Å²) < 4.78 is 1.01. The number of aromatic nitrogens is 1. The summed E-state index contributed by atoms with van der Waals surface area (Å²) in [5.41, 5.74) is 2.32. The molecule has 0 fully saturated rings. The Balaban J connectivity index is 2.30. The third-order valence-corrected chi connectivity index (χ3v) is 4.02. The minimum absolute atomic E-state index is 0.125. The zero-order valence-corrected chi connectivity index (χ0v) is 14.4. The maximum Gasteiger partial charge on any atom is 0.255 e. The number of nitrogens with one attached hydrogen (secondary N) is 2. The standard InChI is InChI=1S/C16H18IN3O/c1-10(2)14-8-11(9-15(18-3)19-14)16(21)20-13-7-5-4-6-12(13)17/h4-10H,1-3H3,(H,18,19)(H,20,21). The average Bonchev–Trinajstić information content (AvgIpc) is 2.49. The average molecular weight is 395 g/mol. The molecule has 0 saturated heterocycles. The molecular weight excluding hydrogens is 377 g/mol. The van der Waals surface area contributed by atoms with Crippen molar-refractivity contribution in [1.82, 2.24) is 4.98 Å². The molecule has 2 N–H and O–H groups in total. The third-order valence-electron chi connectivity index (χ3n) is 3.08. The van der Waals surface area contributed by atoms with Gasteiger partial charge in [0.25, 0.3) is 5.91 Å². The molecule has 0 unspecified atom stereocenters. The maximum atomic E-state index is 12.4. The van der Waals surface area contributed by atoms with Crippen LogP contribution in [0.15, 0.2) is 36.4 Å². The fraction of sp³-hybridized carbons (Fsp3) is 0.250. The number of halogens is 1. The minimum atomic E-state index is -0.125. The van der Waals surface area contributed by atoms with Crippen molar-refractivity contribution in [2.45, 2.75) is 19.8 Å². The van der Waals surface area contributed by atoms with Gasteiger partial charge < -0.3 is 10.6 Å². The Bertz CT molecular complexity index is 656. The van der Waals surface area contributed by atoms with E-state index in [1.54, 1.807) is 13.1 Å². The van der Waals surface area contributed by atoms with Gasteiger partial charge in [0, 0.05) is 21.9 Å². The number of amides is 1. The summed E-state index contributed by atoms with van der Waals surface area (Å²) in [6.07, 6.45) is 0. The first kappa shape index (κ1) is 15.8. The Hall–Kier alpha value is -1.63. The van der Waals surface area contributed by atoms with Crippen molar-refractivity contribution in [2.75, 3.05) is 17.7 Å². The summed E-state index contributed by atoms with van der Waals surface area (Å²) in [6, 6.07) is 11.3. The molecule has 2 rings (SSSR count). The number of hydrogen-bond donors (Lipinski definition) is 2. The van der Waals surface area contributed by atoms with E-state index in [1.165, 1.54) is 0 Å². The molecule has 0 bridgehead atoms. The topological polar surface area (TPSA) is 54.0 Å². The van der Waals surface area contributed by atoms with E-state index in [1.807, 2.05) is 30.3 Å². The molecule has 110 valence electrons. The monoisotopic (exact) mass is 395 g/mol. The van der Waals surface area contributed by atoms with Gasteiger partial charge in [0.2, 0.25) is 0 Å². The Kier molecular flexibility index (Phi) is 5.17. The van der Waals surface area contributed by atoms with E-state index in [9.17, 15) is 4.79 Å². The molecule has 0 aliphatic carbocycles. The highest BCUT2D eigenvalue weighted by Gasteiger charge is 2.12. The van der Waals surface area contributed by atoms with Gasteiger partial charge in [0.15, 0.2) is 0 Å². The molecular formula is C16H18IN3O. The normalized spacial score (nSPS) is 10.5. The molecule has 0 aliphatic heterocycles. The number of anilines is 2. The molecule has 1 aromatic heterocycles. The lowest BCUT2D eigenvalue weighted by Crippen LogP contribution is -2.14. The van der Waals surface area contributed by atoms with Crippen LogP contribution in [0.5, 0.6) is 0 Å². The van der Waals surface area contributed by atoms with Gasteiger partial charge in [-0.05, 0) is 52.8 Å². The number of carbonyl (C=O) groups is 1. The van der Waals surface area contributed by atoms with Gasteiger partial charge in [0.05, 0.1) is 5.69 Å². The van der Waals surface area contributed by atoms with Gasteiger partial charge in [-0.15, -0.1) is 0 Å². The summed E-state index contributed by atoms with van der Waals surface area (Å²) in [6.45, 7) is 4.12. The number of carbonyl (C=O) groups excluding carboxylic acids is 1. The number of rotatable bonds is 4. The zero-order chi connectivity index (χ0) is 15.4. The molecule has 0 atom stereocenters. The van der Waals surface area contributed by atoms with Crippen molar-refractivity contribution in [1.29, 1.82) is 0 Å². The van der Waals surface area contributed by atoms with Gasteiger partial charge in [0.1, 0.15) is 5.82 Å². The minimum Gasteiger partial charge on any atom is -0.373 e. The van der Waals surface area contributed by atoms with Crippen LogP contribution >= 0.6 is 22.6 Å². The zero-order valence-electron chi connectivity index (χ0n) is 12.3. The number of pyridine rings is 1. The SMILES string of the molecule is CNc1cc(C(=O)Nc2ccccc2I)cc(C(C)C)n1. The Morgan fingerprint density at radius 3 is 2.57 bits per heavy atom. The number of nitrogens with zero attached hydrogens (tertiary/aromatic N) is 1. The Labute approximate surface area is 138 Å². The van der Waals surface area contributed by atoms with E-state index in [4.69, 9.17) is 0 Å². The first-order valence-electron chi connectivity index (χ1n) is 6.77. The Morgan fingerprint density at radius 1 is 1.24 bits per heavy atom. The summed E-state index contributed by atoms with van der Waals surface area (Å²) in [7, 11) is 1.80. The van der Waals surface area contributed by atoms with Gasteiger partial charge in [-0.2, -0.15) is 0 Å². The molecule has 0 spiro atoms. The second-order valence-corrected chi connectivity index (χ2v) is 6.17. The van der Waals surface area contributed by atoms with Gasteiger partial charge in [-0.1, -0.05) is 26.0 Å². The molecule has 0 aliphatic rings. The highest BCUT2D eigenvalue weighted by molar-refractivity contribution is 14.1. The van der Waals surface area contributed by atoms with E-state index in [0.717, 1.165) is 15.0 Å². The molecule has 1 heterocycles. The van der Waals surface area contributed by atoms with Crippen LogP contribution in [-0.2, 0) is 0 Å². The smallest absolute Gasteiger partial charge is 0.255 e. The first-order valence-corrected chi connectivity index (χ1v) is 7.84. The molecule has 0 saturated carbocycles. The second kappa shape index (κ2) is 6.89. The van der Waals surface area contributed by atoms with E-state index in [0.29, 0.717) is 11.4 Å². The van der Waals surface area contributed by atoms with E-state index in [2.05, 4.69) is 52.1 Å². The van der Waals surface area contributed by atoms with Crippen LogP contribution in [-0.4, -0.2) is 17.9 Å². The summed E-state index contributed by atoms with van der Waals surface area (Å²) in [4.78, 5) is 16.9. The summed E-state index contributed by atoms with van der Waals surface area (Å²) >= 11 is 2.21. The number of hydrogen-bond acceptors (Lipinski definition) is 3. The van der Waals surface area contributed by atoms with E-state index in [-0.39, 0.29) is 11.8 Å². The van der Waals surface area contributed by atoms with Crippen LogP contribution in [0.2, 0.25) is 0 Å². The molecule has 0 radical (unpaired) electrons. The predicted octanol–water partition coefficient (Wildman–Crippen LogP) is 4.10. The summed E-state index contributed by atoms with van der Waals surface area (Å²) in [5.74, 6) is 0.843. The molecule has 1 amide bonds. The molecule has 5 heteroatoms. The van der Waals surface area contributed by atoms with E-state index >= 15 is 0 Å². The molecule has 4 nitrogen and oxygen atoms in total. The van der Waals surface area contributed by atoms with Crippen molar-refractivity contribution >= 4 is 40.0 Å². The molecule has 21 heavy (non-hydrogen) atoms. The highest BCUT2D eigenvalue weighted by atomic mass is 127. The van der Waals surface area contributed by atoms with Crippen molar-refractivity contribution in [3.05, 3.63) is 51.2 Å². The number of benzene rings is 1. The predicted molar refractivity (Wildman–Crippen MR) is 95.0 cm³/mol. The van der Waals surface area contributed by atoms with Gasteiger partial charge >= 0.3 is 0 Å². The van der Waals surface area contributed by atoms with E-state index < -0.39 is 0 Å². The van der Waals surface area contributed by atoms with Crippen LogP contribution in [0.1, 0.15) is 35.8 Å². The number of para-hydroxylation sites is 1. The quantitative estimate of drug-likeness (QED) is 0.767. The lowest BCUT2D eigenvalue weighted by molar-refractivity contribution is 0.102. The lowest BCUT2D eigenvalue weighted by Gasteiger charge is -2.12.